The first kappa shape index (κ1) is 20.9. The molecule has 1 aliphatic carbocycles. The van der Waals surface area contributed by atoms with Crippen LogP contribution in [0.3, 0.4) is 0 Å². The largest absolute Gasteiger partial charge is 0.486 e. The minimum absolute atomic E-state index is 0.175. The van der Waals surface area contributed by atoms with Crippen molar-refractivity contribution < 1.29 is 27.8 Å². The number of β-amino-alcohol motifs (C(OH)–C–C–N with tert-alkyl or cyclic N) is 1. The van der Waals surface area contributed by atoms with Crippen molar-refractivity contribution in [1.82, 2.24) is 0 Å². The minimum Gasteiger partial charge on any atom is -0.486 e. The molecule has 5 nitrogen and oxygen atoms in total. The normalized spacial score (nSPS) is 22.2. The first-order chi connectivity index (χ1) is 15.2. The zero-order valence-corrected chi connectivity index (χ0v) is 17.3. The third-order valence-corrected chi connectivity index (χ3v) is 6.47. The average Bonchev–Trinajstić information content (AvgIpc) is 2.72. The molecule has 1 unspecified atom stereocenters. The Balaban J connectivity index is 1.46. The van der Waals surface area contributed by atoms with Crippen LogP contribution in [0.15, 0.2) is 42.5 Å². The standard InChI is InChI=1S/C24H23F3N2O3/c25-24(26,27)15-5-6-17-14(12-23(7-2-8-23)32-21(17)10-15)9-22(31)29-20-4-1-3-19-18(20)11-16(30)13-28-19/h1,3-6,9-10,16,28,30H,2,7-8,11-13H2,(H,29,31)/b14-9+. The molecule has 0 saturated heterocycles. The predicted octanol–water partition coefficient (Wildman–Crippen LogP) is 4.76. The highest BCUT2D eigenvalue weighted by Gasteiger charge is 2.44. The molecule has 1 atom stereocenters. The second kappa shape index (κ2) is 7.55. The number of aliphatic hydroxyl groups excluding tert-OH is 1. The molecule has 2 aromatic rings. The van der Waals surface area contributed by atoms with E-state index in [2.05, 4.69) is 10.6 Å². The van der Waals surface area contributed by atoms with Crippen LogP contribution in [-0.4, -0.2) is 29.3 Å². The van der Waals surface area contributed by atoms with Gasteiger partial charge in [0.25, 0.3) is 0 Å². The Morgan fingerprint density at radius 2 is 2.06 bits per heavy atom. The van der Waals surface area contributed by atoms with Gasteiger partial charge in [-0.3, -0.25) is 4.79 Å². The highest BCUT2D eigenvalue weighted by molar-refractivity contribution is 6.05. The van der Waals surface area contributed by atoms with E-state index in [1.165, 1.54) is 12.1 Å². The molecule has 1 saturated carbocycles. The maximum atomic E-state index is 13.2. The van der Waals surface area contributed by atoms with Gasteiger partial charge in [0.1, 0.15) is 11.4 Å². The van der Waals surface area contributed by atoms with Gasteiger partial charge in [-0.1, -0.05) is 12.1 Å². The van der Waals surface area contributed by atoms with E-state index < -0.39 is 23.4 Å². The van der Waals surface area contributed by atoms with E-state index in [1.807, 2.05) is 12.1 Å². The SMILES string of the molecule is O=C(/C=C1\CC2(CCC2)Oc2cc(C(F)(F)F)ccc21)Nc1cccc2c1CC(O)CN2. The van der Waals surface area contributed by atoms with E-state index in [4.69, 9.17) is 4.74 Å². The van der Waals surface area contributed by atoms with Crippen molar-refractivity contribution in [3.8, 4) is 5.75 Å². The highest BCUT2D eigenvalue weighted by Crippen LogP contribution is 2.50. The van der Waals surface area contributed by atoms with Crippen LogP contribution >= 0.6 is 0 Å². The summed E-state index contributed by atoms with van der Waals surface area (Å²) in [5.41, 5.74) is 2.18. The fraction of sp³-hybridized carbons (Fsp3) is 0.375. The van der Waals surface area contributed by atoms with Crippen molar-refractivity contribution in [3.05, 3.63) is 59.2 Å². The molecule has 2 aromatic carbocycles. The Morgan fingerprint density at radius 3 is 2.78 bits per heavy atom. The van der Waals surface area contributed by atoms with Gasteiger partial charge in [-0.25, -0.2) is 0 Å². The van der Waals surface area contributed by atoms with Gasteiger partial charge in [-0.2, -0.15) is 13.2 Å². The lowest BCUT2D eigenvalue weighted by molar-refractivity contribution is -0.138. The lowest BCUT2D eigenvalue weighted by Gasteiger charge is -2.46. The van der Waals surface area contributed by atoms with Crippen molar-refractivity contribution in [1.29, 1.82) is 0 Å². The number of fused-ring (bicyclic) bond motifs is 2. The number of hydrogen-bond acceptors (Lipinski definition) is 4. The van der Waals surface area contributed by atoms with Gasteiger partial charge in [0.15, 0.2) is 0 Å². The molecule has 3 aliphatic rings. The van der Waals surface area contributed by atoms with Crippen LogP contribution in [-0.2, 0) is 17.4 Å². The third-order valence-electron chi connectivity index (χ3n) is 6.47. The number of carbonyl (C=O) groups excluding carboxylic acids is 1. The molecular weight excluding hydrogens is 421 g/mol. The Hall–Kier alpha value is -3.00. The lowest BCUT2D eigenvalue weighted by atomic mass is 9.72. The Bertz CT molecular complexity index is 1110. The van der Waals surface area contributed by atoms with Crippen LogP contribution < -0.4 is 15.4 Å². The van der Waals surface area contributed by atoms with Crippen molar-refractivity contribution in [2.75, 3.05) is 17.2 Å². The van der Waals surface area contributed by atoms with Crippen LogP contribution in [0.5, 0.6) is 5.75 Å². The molecule has 2 aliphatic heterocycles. The first-order valence-corrected chi connectivity index (χ1v) is 10.7. The quantitative estimate of drug-likeness (QED) is 0.584. The number of benzene rings is 2. The number of nitrogens with one attached hydrogen (secondary N) is 2. The molecule has 5 rings (SSSR count). The molecule has 2 heterocycles. The van der Waals surface area contributed by atoms with Crippen molar-refractivity contribution in [2.24, 2.45) is 0 Å². The summed E-state index contributed by atoms with van der Waals surface area (Å²) < 4.78 is 45.6. The fourth-order valence-corrected chi connectivity index (χ4v) is 4.69. The van der Waals surface area contributed by atoms with Crippen molar-refractivity contribution >= 4 is 22.9 Å². The van der Waals surface area contributed by atoms with Gasteiger partial charge < -0.3 is 20.5 Å². The summed E-state index contributed by atoms with van der Waals surface area (Å²) in [6.45, 7) is 0.452. The number of halogens is 3. The van der Waals surface area contributed by atoms with Gasteiger partial charge in [0.05, 0.1) is 11.7 Å². The topological polar surface area (TPSA) is 70.6 Å². The number of aliphatic hydroxyl groups is 1. The maximum absolute atomic E-state index is 13.2. The van der Waals surface area contributed by atoms with Gasteiger partial charge in [0.2, 0.25) is 5.91 Å². The first-order valence-electron chi connectivity index (χ1n) is 10.7. The Morgan fingerprint density at radius 1 is 1.25 bits per heavy atom. The van der Waals surface area contributed by atoms with Crippen LogP contribution in [0.25, 0.3) is 5.57 Å². The Labute approximate surface area is 183 Å². The van der Waals surface area contributed by atoms with Gasteiger partial charge in [0, 0.05) is 48.0 Å². The summed E-state index contributed by atoms with van der Waals surface area (Å²) >= 11 is 0. The van der Waals surface area contributed by atoms with Crippen LogP contribution in [0.1, 0.15) is 42.4 Å². The summed E-state index contributed by atoms with van der Waals surface area (Å²) in [6.07, 6.45) is -0.201. The molecule has 0 radical (unpaired) electrons. The molecule has 0 aromatic heterocycles. The maximum Gasteiger partial charge on any atom is 0.416 e. The lowest BCUT2D eigenvalue weighted by Crippen LogP contribution is -2.45. The van der Waals surface area contributed by atoms with E-state index in [1.54, 1.807) is 6.07 Å². The predicted molar refractivity (Wildman–Crippen MR) is 115 cm³/mol. The Kier molecular flexibility index (Phi) is 4.93. The molecule has 168 valence electrons. The van der Waals surface area contributed by atoms with Crippen molar-refractivity contribution in [3.63, 3.8) is 0 Å². The second-order valence-electron chi connectivity index (χ2n) is 8.75. The summed E-state index contributed by atoms with van der Waals surface area (Å²) in [5, 5.41) is 16.0. The average molecular weight is 444 g/mol. The van der Waals surface area contributed by atoms with E-state index in [0.717, 1.165) is 42.6 Å². The molecule has 32 heavy (non-hydrogen) atoms. The molecule has 0 bridgehead atoms. The highest BCUT2D eigenvalue weighted by atomic mass is 19.4. The molecule has 8 heteroatoms. The van der Waals surface area contributed by atoms with Crippen LogP contribution in [0.4, 0.5) is 24.5 Å². The number of amides is 1. The number of alkyl halides is 3. The van der Waals surface area contributed by atoms with E-state index in [9.17, 15) is 23.1 Å². The van der Waals surface area contributed by atoms with E-state index >= 15 is 0 Å². The number of anilines is 2. The van der Waals surface area contributed by atoms with Crippen molar-refractivity contribution in [2.45, 2.75) is 50.0 Å². The number of hydrogen-bond donors (Lipinski definition) is 3. The third kappa shape index (κ3) is 3.83. The number of ether oxygens (including phenoxy) is 1. The van der Waals surface area contributed by atoms with Gasteiger partial charge >= 0.3 is 6.18 Å². The zero-order valence-electron chi connectivity index (χ0n) is 17.3. The fourth-order valence-electron chi connectivity index (χ4n) is 4.69. The molecule has 3 N–H and O–H groups in total. The molecule has 1 amide bonds. The zero-order chi connectivity index (χ0) is 22.5. The van der Waals surface area contributed by atoms with Gasteiger partial charge in [-0.15, -0.1) is 0 Å². The molecule has 1 spiro atoms. The number of rotatable bonds is 2. The molecule has 1 fully saturated rings. The van der Waals surface area contributed by atoms with E-state index in [0.29, 0.717) is 36.2 Å². The number of carbonyl (C=O) groups is 1. The monoisotopic (exact) mass is 444 g/mol. The molecular formula is C24H23F3N2O3. The summed E-state index contributed by atoms with van der Waals surface area (Å²) in [6, 6.07) is 8.92. The minimum atomic E-state index is -4.46. The summed E-state index contributed by atoms with van der Waals surface area (Å²) in [4.78, 5) is 12.9. The van der Waals surface area contributed by atoms with E-state index in [-0.39, 0.29) is 11.7 Å². The summed E-state index contributed by atoms with van der Waals surface area (Å²) in [5.74, 6) is -0.190. The second-order valence-corrected chi connectivity index (χ2v) is 8.75. The van der Waals surface area contributed by atoms with Crippen LogP contribution in [0, 0.1) is 0 Å². The summed E-state index contributed by atoms with van der Waals surface area (Å²) in [7, 11) is 0. The van der Waals surface area contributed by atoms with Gasteiger partial charge in [-0.05, 0) is 49.1 Å². The van der Waals surface area contributed by atoms with Crippen LogP contribution in [0.2, 0.25) is 0 Å². The smallest absolute Gasteiger partial charge is 0.416 e.